The first-order chi connectivity index (χ1) is 11.3. The van der Waals surface area contributed by atoms with Gasteiger partial charge in [0.15, 0.2) is 0 Å². The highest BCUT2D eigenvalue weighted by atomic mass is 16.5. The van der Waals surface area contributed by atoms with Crippen LogP contribution < -0.4 is 4.90 Å². The summed E-state index contributed by atoms with van der Waals surface area (Å²) in [5.74, 6) is 2.11. The summed E-state index contributed by atoms with van der Waals surface area (Å²) in [5, 5.41) is 4.55. The van der Waals surface area contributed by atoms with Crippen molar-refractivity contribution in [3.63, 3.8) is 0 Å². The molecule has 0 spiro atoms. The molecule has 2 aliphatic rings. The molecule has 6 heteroatoms. The molecule has 0 saturated heterocycles. The number of aryl methyl sites for hydroxylation is 1. The van der Waals surface area contributed by atoms with Crippen molar-refractivity contribution in [1.29, 1.82) is 0 Å². The molecule has 0 amide bonds. The zero-order chi connectivity index (χ0) is 15.6. The number of hydrogen-bond donors (Lipinski definition) is 0. The van der Waals surface area contributed by atoms with E-state index in [1.807, 2.05) is 12.3 Å². The molecule has 6 nitrogen and oxygen atoms in total. The highest BCUT2D eigenvalue weighted by Crippen LogP contribution is 2.32. The molecule has 122 valence electrons. The SMILES string of the molecule is CCn1ncc2c1[C@@H](COCC1CC1)CN(c1ccncn1)C2. The van der Waals surface area contributed by atoms with E-state index < -0.39 is 0 Å². The van der Waals surface area contributed by atoms with E-state index in [1.165, 1.54) is 24.1 Å². The third-order valence-electron chi connectivity index (χ3n) is 4.71. The Labute approximate surface area is 136 Å². The summed E-state index contributed by atoms with van der Waals surface area (Å²) in [6.45, 7) is 6.48. The van der Waals surface area contributed by atoms with Crippen LogP contribution in [0.5, 0.6) is 0 Å². The van der Waals surface area contributed by atoms with Crippen LogP contribution in [0.1, 0.15) is 36.9 Å². The molecule has 1 saturated carbocycles. The Morgan fingerprint density at radius 2 is 2.22 bits per heavy atom. The predicted molar refractivity (Wildman–Crippen MR) is 87.3 cm³/mol. The quantitative estimate of drug-likeness (QED) is 0.818. The van der Waals surface area contributed by atoms with Gasteiger partial charge in [0, 0.05) is 43.9 Å². The maximum atomic E-state index is 6.01. The maximum Gasteiger partial charge on any atom is 0.132 e. The van der Waals surface area contributed by atoms with Crippen molar-refractivity contribution in [2.75, 3.05) is 24.7 Å². The summed E-state index contributed by atoms with van der Waals surface area (Å²) in [6, 6.07) is 1.97. The molecule has 3 heterocycles. The summed E-state index contributed by atoms with van der Waals surface area (Å²) < 4.78 is 8.13. The van der Waals surface area contributed by atoms with Gasteiger partial charge < -0.3 is 9.64 Å². The van der Waals surface area contributed by atoms with E-state index in [0.29, 0.717) is 5.92 Å². The average Bonchev–Trinajstić information content (AvgIpc) is 3.32. The minimum atomic E-state index is 0.343. The molecule has 4 rings (SSSR count). The van der Waals surface area contributed by atoms with Crippen molar-refractivity contribution in [3.05, 3.63) is 36.0 Å². The van der Waals surface area contributed by atoms with E-state index in [4.69, 9.17) is 4.74 Å². The Hall–Kier alpha value is -1.95. The van der Waals surface area contributed by atoms with E-state index in [0.717, 1.165) is 44.6 Å². The van der Waals surface area contributed by atoms with Crippen LogP contribution in [0, 0.1) is 5.92 Å². The zero-order valence-corrected chi connectivity index (χ0v) is 13.6. The lowest BCUT2D eigenvalue weighted by molar-refractivity contribution is 0.108. The monoisotopic (exact) mass is 313 g/mol. The van der Waals surface area contributed by atoms with Gasteiger partial charge in [0.25, 0.3) is 0 Å². The van der Waals surface area contributed by atoms with Crippen LogP contribution in [-0.4, -0.2) is 39.5 Å². The molecule has 1 atom stereocenters. The summed E-state index contributed by atoms with van der Waals surface area (Å²) in [6.07, 6.45) is 8.07. The first kappa shape index (κ1) is 14.6. The number of aromatic nitrogens is 4. The van der Waals surface area contributed by atoms with Crippen LogP contribution in [0.3, 0.4) is 0 Å². The third kappa shape index (κ3) is 3.08. The van der Waals surface area contributed by atoms with Crippen molar-refractivity contribution in [3.8, 4) is 0 Å². The standard InChI is InChI=1S/C17H23N5O/c1-2-22-17-14(7-20-22)8-21(16-5-6-18-12-19-16)9-15(17)11-23-10-13-3-4-13/h5-7,12-13,15H,2-4,8-11H2,1H3/t15-/m1/s1. The molecule has 2 aromatic rings. The Morgan fingerprint density at radius 3 is 2.96 bits per heavy atom. The minimum Gasteiger partial charge on any atom is -0.380 e. The third-order valence-corrected chi connectivity index (χ3v) is 4.71. The molecule has 1 aliphatic heterocycles. The van der Waals surface area contributed by atoms with Crippen molar-refractivity contribution in [2.24, 2.45) is 5.92 Å². The molecule has 0 unspecified atom stereocenters. The van der Waals surface area contributed by atoms with Crippen LogP contribution in [0.2, 0.25) is 0 Å². The number of anilines is 1. The van der Waals surface area contributed by atoms with Crippen molar-refractivity contribution >= 4 is 5.82 Å². The fraction of sp³-hybridized carbons (Fsp3) is 0.588. The zero-order valence-electron chi connectivity index (χ0n) is 13.6. The van der Waals surface area contributed by atoms with E-state index in [9.17, 15) is 0 Å². The van der Waals surface area contributed by atoms with Gasteiger partial charge in [0.1, 0.15) is 12.1 Å². The molecular formula is C17H23N5O. The Morgan fingerprint density at radius 1 is 1.30 bits per heavy atom. The molecule has 1 aliphatic carbocycles. The van der Waals surface area contributed by atoms with Crippen molar-refractivity contribution < 1.29 is 4.74 Å². The number of nitrogens with zero attached hydrogens (tertiary/aromatic N) is 5. The van der Waals surface area contributed by atoms with Crippen LogP contribution in [-0.2, 0) is 17.8 Å². The Bertz CT molecular complexity index is 652. The lowest BCUT2D eigenvalue weighted by atomic mass is 9.97. The predicted octanol–water partition coefficient (Wildman–Crippen LogP) is 2.22. The van der Waals surface area contributed by atoms with Crippen LogP contribution in [0.4, 0.5) is 5.82 Å². The van der Waals surface area contributed by atoms with Gasteiger partial charge in [-0.3, -0.25) is 4.68 Å². The number of fused-ring (bicyclic) bond motifs is 1. The fourth-order valence-electron chi connectivity index (χ4n) is 3.34. The highest BCUT2D eigenvalue weighted by molar-refractivity contribution is 5.43. The Kier molecular flexibility index (Phi) is 3.99. The lowest BCUT2D eigenvalue weighted by Crippen LogP contribution is -2.37. The van der Waals surface area contributed by atoms with Gasteiger partial charge in [0.2, 0.25) is 0 Å². The summed E-state index contributed by atoms with van der Waals surface area (Å²) in [7, 11) is 0. The van der Waals surface area contributed by atoms with Gasteiger partial charge in [-0.15, -0.1) is 0 Å². The van der Waals surface area contributed by atoms with Crippen LogP contribution >= 0.6 is 0 Å². The topological polar surface area (TPSA) is 56.1 Å². The molecule has 0 radical (unpaired) electrons. The molecule has 0 N–H and O–H groups in total. The molecular weight excluding hydrogens is 290 g/mol. The molecule has 1 fully saturated rings. The van der Waals surface area contributed by atoms with Gasteiger partial charge in [0.05, 0.1) is 18.5 Å². The lowest BCUT2D eigenvalue weighted by Gasteiger charge is -2.34. The van der Waals surface area contributed by atoms with Gasteiger partial charge >= 0.3 is 0 Å². The van der Waals surface area contributed by atoms with E-state index in [2.05, 4.69) is 31.6 Å². The first-order valence-electron chi connectivity index (χ1n) is 8.48. The van der Waals surface area contributed by atoms with Crippen LogP contribution in [0.15, 0.2) is 24.8 Å². The summed E-state index contributed by atoms with van der Waals surface area (Å²) in [5.41, 5.74) is 2.63. The van der Waals surface area contributed by atoms with Gasteiger partial charge in [-0.25, -0.2) is 9.97 Å². The smallest absolute Gasteiger partial charge is 0.132 e. The average molecular weight is 313 g/mol. The molecule has 0 bridgehead atoms. The highest BCUT2D eigenvalue weighted by Gasteiger charge is 2.30. The largest absolute Gasteiger partial charge is 0.380 e. The van der Waals surface area contributed by atoms with Crippen LogP contribution in [0.25, 0.3) is 0 Å². The fourth-order valence-corrected chi connectivity index (χ4v) is 3.34. The number of hydrogen-bond acceptors (Lipinski definition) is 5. The van der Waals surface area contributed by atoms with Gasteiger partial charge in [-0.2, -0.15) is 5.10 Å². The number of ether oxygens (including phenoxy) is 1. The minimum absolute atomic E-state index is 0.343. The maximum absolute atomic E-state index is 6.01. The molecule has 23 heavy (non-hydrogen) atoms. The van der Waals surface area contributed by atoms with E-state index >= 15 is 0 Å². The normalized spacial score (nSPS) is 20.6. The Balaban J connectivity index is 1.55. The molecule has 2 aromatic heterocycles. The second kappa shape index (κ2) is 6.28. The summed E-state index contributed by atoms with van der Waals surface area (Å²) >= 11 is 0. The van der Waals surface area contributed by atoms with Gasteiger partial charge in [-0.05, 0) is 31.7 Å². The van der Waals surface area contributed by atoms with Crippen molar-refractivity contribution in [1.82, 2.24) is 19.7 Å². The van der Waals surface area contributed by atoms with Gasteiger partial charge in [-0.1, -0.05) is 0 Å². The van der Waals surface area contributed by atoms with E-state index in [-0.39, 0.29) is 0 Å². The van der Waals surface area contributed by atoms with Crippen molar-refractivity contribution in [2.45, 2.75) is 38.8 Å². The second-order valence-corrected chi connectivity index (χ2v) is 6.50. The van der Waals surface area contributed by atoms with E-state index in [1.54, 1.807) is 12.5 Å². The first-order valence-corrected chi connectivity index (χ1v) is 8.48. The second-order valence-electron chi connectivity index (χ2n) is 6.50. The number of rotatable bonds is 6. The molecule has 0 aromatic carbocycles. The summed E-state index contributed by atoms with van der Waals surface area (Å²) in [4.78, 5) is 10.7.